The number of para-hydroxylation sites is 1. The summed E-state index contributed by atoms with van der Waals surface area (Å²) in [7, 11) is 0. The van der Waals surface area contributed by atoms with Crippen LogP contribution in [0.5, 0.6) is 0 Å². The number of aromatic nitrogens is 3. The highest BCUT2D eigenvalue weighted by Crippen LogP contribution is 2.30. The maximum Gasteiger partial charge on any atom is 0.261 e. The number of amides is 1. The second kappa shape index (κ2) is 7.73. The molecule has 0 spiro atoms. The van der Waals surface area contributed by atoms with E-state index < -0.39 is 5.82 Å². The Morgan fingerprint density at radius 1 is 1.28 bits per heavy atom. The van der Waals surface area contributed by atoms with Crippen LogP contribution in [0.15, 0.2) is 59.0 Å². The molecule has 4 rings (SSSR count). The molecule has 0 aliphatic carbocycles. The van der Waals surface area contributed by atoms with E-state index in [4.69, 9.17) is 11.6 Å². The fourth-order valence-electron chi connectivity index (χ4n) is 2.93. The van der Waals surface area contributed by atoms with Crippen LogP contribution < -0.4 is 10.5 Å². The zero-order valence-corrected chi connectivity index (χ0v) is 16.7. The number of halogens is 2. The van der Waals surface area contributed by atoms with Gasteiger partial charge in [0.25, 0.3) is 5.56 Å². The van der Waals surface area contributed by atoms with Crippen LogP contribution in [0.4, 0.5) is 15.2 Å². The highest BCUT2D eigenvalue weighted by Gasteiger charge is 2.21. The molecule has 2 aromatic carbocycles. The number of benzene rings is 2. The van der Waals surface area contributed by atoms with Gasteiger partial charge in [-0.05, 0) is 30.3 Å². The van der Waals surface area contributed by atoms with E-state index in [1.165, 1.54) is 46.2 Å². The van der Waals surface area contributed by atoms with Crippen molar-refractivity contribution >= 4 is 50.6 Å². The minimum atomic E-state index is -0.522. The maximum absolute atomic E-state index is 14.2. The molecule has 0 fully saturated rings. The lowest BCUT2D eigenvalue weighted by Gasteiger charge is -2.18. The van der Waals surface area contributed by atoms with E-state index in [1.807, 2.05) is 0 Å². The number of rotatable bonds is 4. The van der Waals surface area contributed by atoms with Crippen molar-refractivity contribution in [1.29, 1.82) is 0 Å². The van der Waals surface area contributed by atoms with E-state index in [1.54, 1.807) is 35.7 Å². The summed E-state index contributed by atoms with van der Waals surface area (Å²) in [6.07, 6.45) is 1.44. The van der Waals surface area contributed by atoms with Crippen molar-refractivity contribution in [2.24, 2.45) is 0 Å². The van der Waals surface area contributed by atoms with Gasteiger partial charge in [0, 0.05) is 17.3 Å². The number of hydrogen-bond donors (Lipinski definition) is 0. The summed E-state index contributed by atoms with van der Waals surface area (Å²) < 4.78 is 15.6. The van der Waals surface area contributed by atoms with E-state index >= 15 is 0 Å². The van der Waals surface area contributed by atoms with Crippen LogP contribution in [0.25, 0.3) is 10.9 Å². The molecule has 4 aromatic rings. The van der Waals surface area contributed by atoms with Crippen molar-refractivity contribution in [2.75, 3.05) is 4.90 Å². The van der Waals surface area contributed by atoms with Crippen LogP contribution in [-0.4, -0.2) is 20.4 Å². The van der Waals surface area contributed by atoms with E-state index in [0.717, 1.165) is 0 Å². The number of anilines is 2. The minimum Gasteiger partial charge on any atom is -0.293 e. The van der Waals surface area contributed by atoms with Crippen molar-refractivity contribution in [3.8, 4) is 0 Å². The molecule has 0 radical (unpaired) electrons. The maximum atomic E-state index is 14.2. The molecular formula is C20H14ClFN4O2S. The Kier molecular flexibility index (Phi) is 5.12. The standard InChI is InChI=1S/C20H14ClFN4O2S/c1-12(27)26(18-5-3-2-4-16(18)22)20-24-14(10-29-20)9-25-11-23-17-7-6-13(21)8-15(17)19(25)28/h2-8,10-11H,9H2,1H3. The highest BCUT2D eigenvalue weighted by atomic mass is 35.5. The van der Waals surface area contributed by atoms with Gasteiger partial charge < -0.3 is 0 Å². The molecule has 0 N–H and O–H groups in total. The van der Waals surface area contributed by atoms with Crippen LogP contribution in [0.1, 0.15) is 12.6 Å². The molecule has 2 heterocycles. The number of nitrogens with zero attached hydrogens (tertiary/aromatic N) is 4. The summed E-state index contributed by atoms with van der Waals surface area (Å²) in [6.45, 7) is 1.50. The van der Waals surface area contributed by atoms with Gasteiger partial charge in [-0.3, -0.25) is 19.1 Å². The van der Waals surface area contributed by atoms with Gasteiger partial charge in [-0.15, -0.1) is 11.3 Å². The average Bonchev–Trinajstić information content (AvgIpc) is 3.14. The van der Waals surface area contributed by atoms with Crippen molar-refractivity contribution < 1.29 is 9.18 Å². The topological polar surface area (TPSA) is 68.1 Å². The summed E-state index contributed by atoms with van der Waals surface area (Å²) >= 11 is 7.18. The third-order valence-corrected chi connectivity index (χ3v) is 5.37. The van der Waals surface area contributed by atoms with Crippen molar-refractivity contribution in [3.05, 3.63) is 81.1 Å². The summed E-state index contributed by atoms with van der Waals surface area (Å²) in [6, 6.07) is 10.9. The second-order valence-electron chi connectivity index (χ2n) is 6.27. The van der Waals surface area contributed by atoms with Gasteiger partial charge in [0.15, 0.2) is 5.13 Å². The van der Waals surface area contributed by atoms with Gasteiger partial charge in [0.05, 0.1) is 35.2 Å². The molecule has 0 bridgehead atoms. The quantitative estimate of drug-likeness (QED) is 0.483. The molecule has 1 amide bonds. The lowest BCUT2D eigenvalue weighted by atomic mass is 10.2. The van der Waals surface area contributed by atoms with E-state index in [0.29, 0.717) is 26.8 Å². The zero-order chi connectivity index (χ0) is 20.5. The Labute approximate surface area is 173 Å². The van der Waals surface area contributed by atoms with Crippen molar-refractivity contribution in [2.45, 2.75) is 13.5 Å². The first-order valence-corrected chi connectivity index (χ1v) is 9.84. The average molecular weight is 429 g/mol. The summed E-state index contributed by atoms with van der Waals surface area (Å²) in [4.78, 5) is 34.8. The Bertz CT molecular complexity index is 1290. The Hall–Kier alpha value is -3.10. The highest BCUT2D eigenvalue weighted by molar-refractivity contribution is 7.14. The molecule has 146 valence electrons. The number of hydrogen-bond acceptors (Lipinski definition) is 5. The monoisotopic (exact) mass is 428 g/mol. The molecule has 0 saturated heterocycles. The molecular weight excluding hydrogens is 415 g/mol. The normalized spacial score (nSPS) is 11.0. The Morgan fingerprint density at radius 3 is 2.83 bits per heavy atom. The third kappa shape index (κ3) is 3.76. The lowest BCUT2D eigenvalue weighted by molar-refractivity contribution is -0.115. The summed E-state index contributed by atoms with van der Waals surface area (Å²) in [5.74, 6) is -0.888. The molecule has 2 aromatic heterocycles. The summed E-state index contributed by atoms with van der Waals surface area (Å²) in [5, 5.41) is 2.91. The van der Waals surface area contributed by atoms with Gasteiger partial charge in [-0.2, -0.15) is 0 Å². The number of carbonyl (C=O) groups is 1. The number of fused-ring (bicyclic) bond motifs is 1. The van der Waals surface area contributed by atoms with Crippen LogP contribution in [0, 0.1) is 5.82 Å². The fourth-order valence-corrected chi connectivity index (χ4v) is 3.97. The molecule has 6 nitrogen and oxygen atoms in total. The molecule has 0 saturated carbocycles. The minimum absolute atomic E-state index is 0.125. The van der Waals surface area contributed by atoms with Crippen LogP contribution >= 0.6 is 22.9 Å². The van der Waals surface area contributed by atoms with E-state index in [9.17, 15) is 14.0 Å². The Morgan fingerprint density at radius 2 is 2.07 bits per heavy atom. The van der Waals surface area contributed by atoms with Crippen LogP contribution in [0.3, 0.4) is 0 Å². The number of carbonyl (C=O) groups excluding carboxylic acids is 1. The first-order chi connectivity index (χ1) is 13.9. The van der Waals surface area contributed by atoms with E-state index in [-0.39, 0.29) is 23.7 Å². The molecule has 0 aliphatic rings. The number of thiazole rings is 1. The summed E-state index contributed by atoms with van der Waals surface area (Å²) in [5.41, 5.74) is 0.986. The second-order valence-corrected chi connectivity index (χ2v) is 7.54. The molecule has 9 heteroatoms. The molecule has 0 unspecified atom stereocenters. The molecule has 0 atom stereocenters. The zero-order valence-electron chi connectivity index (χ0n) is 15.2. The predicted octanol–water partition coefficient (Wildman–Crippen LogP) is 4.38. The van der Waals surface area contributed by atoms with Crippen LogP contribution in [0.2, 0.25) is 5.02 Å². The third-order valence-electron chi connectivity index (χ3n) is 4.26. The molecule has 0 aliphatic heterocycles. The fraction of sp³-hybridized carbons (Fsp3) is 0.100. The largest absolute Gasteiger partial charge is 0.293 e. The first-order valence-electron chi connectivity index (χ1n) is 8.58. The molecule has 29 heavy (non-hydrogen) atoms. The van der Waals surface area contributed by atoms with Gasteiger partial charge in [-0.25, -0.2) is 14.4 Å². The van der Waals surface area contributed by atoms with E-state index in [2.05, 4.69) is 9.97 Å². The SMILES string of the molecule is CC(=O)N(c1nc(Cn2cnc3ccc(Cl)cc3c2=O)cs1)c1ccccc1F. The van der Waals surface area contributed by atoms with Gasteiger partial charge >= 0.3 is 0 Å². The lowest BCUT2D eigenvalue weighted by Crippen LogP contribution is -2.24. The smallest absolute Gasteiger partial charge is 0.261 e. The Balaban J connectivity index is 1.68. The van der Waals surface area contributed by atoms with Gasteiger partial charge in [0.1, 0.15) is 5.82 Å². The van der Waals surface area contributed by atoms with Gasteiger partial charge in [0.2, 0.25) is 5.91 Å². The van der Waals surface area contributed by atoms with Crippen LogP contribution in [-0.2, 0) is 11.3 Å². The van der Waals surface area contributed by atoms with Crippen molar-refractivity contribution in [1.82, 2.24) is 14.5 Å². The van der Waals surface area contributed by atoms with Crippen molar-refractivity contribution in [3.63, 3.8) is 0 Å². The van der Waals surface area contributed by atoms with Gasteiger partial charge in [-0.1, -0.05) is 23.7 Å². The first kappa shape index (κ1) is 19.2. The predicted molar refractivity (Wildman–Crippen MR) is 111 cm³/mol.